The molecule has 0 aromatic heterocycles. The average molecular weight is 186 g/mol. The van der Waals surface area contributed by atoms with E-state index < -0.39 is 5.97 Å². The molecule has 0 spiro atoms. The van der Waals surface area contributed by atoms with E-state index in [9.17, 15) is 4.79 Å². The molecule has 1 aromatic rings. The molecule has 10 heavy (non-hydrogen) atoms. The smallest absolute Gasteiger partial charge is 0.478 e. The summed E-state index contributed by atoms with van der Waals surface area (Å²) < 4.78 is 0. The van der Waals surface area contributed by atoms with Crippen molar-refractivity contribution in [1.82, 2.24) is 0 Å². The zero-order valence-corrected chi connectivity index (χ0v) is 5.99. The van der Waals surface area contributed by atoms with E-state index in [0.29, 0.717) is 5.56 Å². The van der Waals surface area contributed by atoms with Crippen molar-refractivity contribution in [1.29, 1.82) is 0 Å². The van der Waals surface area contributed by atoms with E-state index in [4.69, 9.17) is 5.11 Å². The molecule has 1 rings (SSSR count). The van der Waals surface area contributed by atoms with Crippen LogP contribution in [-0.2, 0) is 17.1 Å². The van der Waals surface area contributed by atoms with Crippen LogP contribution in [0, 0.1) is 0 Å². The van der Waals surface area contributed by atoms with Crippen LogP contribution in [0.1, 0.15) is 10.4 Å². The third kappa shape index (κ3) is 2.21. The quantitative estimate of drug-likeness (QED) is 0.672. The maximum Gasteiger partial charge on any atom is 2.00 e. The molecule has 0 aliphatic rings. The Morgan fingerprint density at radius 2 is 1.70 bits per heavy atom. The standard InChI is InChI=1S/C7H6O2.Cu/c8-7(9)6-4-2-1-3-5-6;/h1-5H,(H,8,9);/q;+2. The third-order valence-electron chi connectivity index (χ3n) is 1.02. The summed E-state index contributed by atoms with van der Waals surface area (Å²) in [5.41, 5.74) is 0.331. The Morgan fingerprint density at radius 1 is 1.20 bits per heavy atom. The normalized spacial score (nSPS) is 8.00. The monoisotopic (exact) mass is 185 g/mol. The molecule has 0 atom stereocenters. The van der Waals surface area contributed by atoms with Crippen molar-refractivity contribution in [3.8, 4) is 0 Å². The van der Waals surface area contributed by atoms with E-state index >= 15 is 0 Å². The predicted molar refractivity (Wildman–Crippen MR) is 33.4 cm³/mol. The van der Waals surface area contributed by atoms with Gasteiger partial charge in [0.15, 0.2) is 0 Å². The summed E-state index contributed by atoms with van der Waals surface area (Å²) in [6, 6.07) is 8.30. The van der Waals surface area contributed by atoms with Gasteiger partial charge < -0.3 is 5.11 Å². The molecule has 3 heteroatoms. The Balaban J connectivity index is 0.000000810. The van der Waals surface area contributed by atoms with Gasteiger partial charge in [0, 0.05) is 0 Å². The molecule has 1 radical (unpaired) electrons. The van der Waals surface area contributed by atoms with E-state index in [0.717, 1.165) is 0 Å². The van der Waals surface area contributed by atoms with Crippen LogP contribution in [-0.4, -0.2) is 11.1 Å². The number of hydrogen-bond acceptors (Lipinski definition) is 1. The number of carboxylic acids is 1. The van der Waals surface area contributed by atoms with E-state index in [1.807, 2.05) is 0 Å². The molecule has 0 unspecified atom stereocenters. The summed E-state index contributed by atoms with van der Waals surface area (Å²) in [6.07, 6.45) is 0. The Labute approximate surface area is 69.3 Å². The largest absolute Gasteiger partial charge is 2.00 e. The molecule has 0 saturated heterocycles. The maximum absolute atomic E-state index is 10.2. The minimum atomic E-state index is -0.879. The molecule has 0 bridgehead atoms. The first-order valence-corrected chi connectivity index (χ1v) is 2.59. The number of carboxylic acid groups (broad SMARTS) is 1. The van der Waals surface area contributed by atoms with Gasteiger partial charge in [0.05, 0.1) is 5.56 Å². The predicted octanol–water partition coefficient (Wildman–Crippen LogP) is 1.38. The average Bonchev–Trinajstić information content (AvgIpc) is 1.90. The van der Waals surface area contributed by atoms with Crippen molar-refractivity contribution in [3.05, 3.63) is 35.9 Å². The fraction of sp³-hybridized carbons (Fsp3) is 0. The Bertz CT molecular complexity index is 208. The van der Waals surface area contributed by atoms with Crippen molar-refractivity contribution >= 4 is 5.97 Å². The first-order chi connectivity index (χ1) is 4.30. The Morgan fingerprint density at radius 3 is 2.00 bits per heavy atom. The van der Waals surface area contributed by atoms with Crippen LogP contribution in [0.4, 0.5) is 0 Å². The number of rotatable bonds is 1. The summed E-state index contributed by atoms with van der Waals surface area (Å²) in [5.74, 6) is -0.879. The minimum Gasteiger partial charge on any atom is -0.478 e. The molecule has 0 saturated carbocycles. The third-order valence-corrected chi connectivity index (χ3v) is 1.02. The van der Waals surface area contributed by atoms with Gasteiger partial charge in [-0.15, -0.1) is 0 Å². The summed E-state index contributed by atoms with van der Waals surface area (Å²) in [6.45, 7) is 0. The van der Waals surface area contributed by atoms with Crippen molar-refractivity contribution < 1.29 is 27.0 Å². The molecule has 2 nitrogen and oxygen atoms in total. The van der Waals surface area contributed by atoms with E-state index in [-0.39, 0.29) is 17.1 Å². The molecular weight excluding hydrogens is 180 g/mol. The van der Waals surface area contributed by atoms with Crippen LogP contribution in [0.25, 0.3) is 0 Å². The van der Waals surface area contributed by atoms with Gasteiger partial charge >= 0.3 is 23.0 Å². The summed E-state index contributed by atoms with van der Waals surface area (Å²) in [7, 11) is 0. The van der Waals surface area contributed by atoms with Gasteiger partial charge in [-0.3, -0.25) is 0 Å². The van der Waals surface area contributed by atoms with E-state index in [2.05, 4.69) is 0 Å². The van der Waals surface area contributed by atoms with Gasteiger partial charge in [-0.1, -0.05) is 18.2 Å². The fourth-order valence-corrected chi connectivity index (χ4v) is 0.581. The van der Waals surface area contributed by atoms with Crippen LogP contribution < -0.4 is 0 Å². The second kappa shape index (κ2) is 4.09. The van der Waals surface area contributed by atoms with E-state index in [1.54, 1.807) is 30.3 Å². The van der Waals surface area contributed by atoms with Crippen LogP contribution in [0.3, 0.4) is 0 Å². The maximum atomic E-state index is 10.2. The second-order valence-corrected chi connectivity index (χ2v) is 1.67. The van der Waals surface area contributed by atoms with Crippen molar-refractivity contribution in [2.75, 3.05) is 0 Å². The minimum absolute atomic E-state index is 0. The Hall–Kier alpha value is -0.791. The first-order valence-electron chi connectivity index (χ1n) is 2.59. The van der Waals surface area contributed by atoms with Crippen LogP contribution in [0.15, 0.2) is 30.3 Å². The fourth-order valence-electron chi connectivity index (χ4n) is 0.581. The molecular formula is C7H6CuO2+2. The number of hydrogen-bond donors (Lipinski definition) is 1. The molecule has 0 aliphatic carbocycles. The molecule has 1 aromatic carbocycles. The van der Waals surface area contributed by atoms with Gasteiger partial charge in [0.25, 0.3) is 0 Å². The number of aromatic carboxylic acids is 1. The first kappa shape index (κ1) is 9.21. The zero-order chi connectivity index (χ0) is 6.69. The van der Waals surface area contributed by atoms with Crippen molar-refractivity contribution in [3.63, 3.8) is 0 Å². The summed E-state index contributed by atoms with van der Waals surface area (Å²) in [4.78, 5) is 10.2. The molecule has 0 amide bonds. The Kier molecular flexibility index (Phi) is 3.77. The van der Waals surface area contributed by atoms with Crippen LogP contribution >= 0.6 is 0 Å². The molecule has 1 N–H and O–H groups in total. The molecule has 0 aliphatic heterocycles. The molecule has 0 heterocycles. The van der Waals surface area contributed by atoms with Gasteiger partial charge in [-0.2, -0.15) is 0 Å². The van der Waals surface area contributed by atoms with Crippen LogP contribution in [0.2, 0.25) is 0 Å². The van der Waals surface area contributed by atoms with Crippen molar-refractivity contribution in [2.24, 2.45) is 0 Å². The zero-order valence-electron chi connectivity index (χ0n) is 5.04. The topological polar surface area (TPSA) is 37.3 Å². The number of carbonyl (C=O) groups is 1. The molecule has 55 valence electrons. The van der Waals surface area contributed by atoms with Gasteiger partial charge in [0.2, 0.25) is 0 Å². The summed E-state index contributed by atoms with van der Waals surface area (Å²) in [5, 5.41) is 8.38. The van der Waals surface area contributed by atoms with Crippen LogP contribution in [0.5, 0.6) is 0 Å². The van der Waals surface area contributed by atoms with Crippen molar-refractivity contribution in [2.45, 2.75) is 0 Å². The van der Waals surface area contributed by atoms with Gasteiger partial charge in [-0.25, -0.2) is 4.79 Å². The SMILES string of the molecule is O=C(O)c1ccccc1.[Cu+2]. The molecule has 0 fully saturated rings. The van der Waals surface area contributed by atoms with Gasteiger partial charge in [0.1, 0.15) is 0 Å². The van der Waals surface area contributed by atoms with E-state index in [1.165, 1.54) is 0 Å². The summed E-state index contributed by atoms with van der Waals surface area (Å²) >= 11 is 0. The second-order valence-electron chi connectivity index (χ2n) is 1.67. The number of benzene rings is 1. The van der Waals surface area contributed by atoms with Gasteiger partial charge in [-0.05, 0) is 12.1 Å².